The van der Waals surface area contributed by atoms with E-state index in [0.29, 0.717) is 26.9 Å². The van der Waals surface area contributed by atoms with Crippen molar-refractivity contribution in [2.75, 3.05) is 45.7 Å². The summed E-state index contributed by atoms with van der Waals surface area (Å²) in [6.07, 6.45) is -1.69. The lowest BCUT2D eigenvalue weighted by Crippen LogP contribution is -2.46. The molecular formula is C25H27ClF3N5O2S. The van der Waals surface area contributed by atoms with Crippen molar-refractivity contribution >= 4 is 52.4 Å². The minimum absolute atomic E-state index is 0.0118. The molecule has 1 amide bonds. The van der Waals surface area contributed by atoms with Crippen LogP contribution in [-0.2, 0) is 17.5 Å². The normalized spacial score (nSPS) is 17.4. The third kappa shape index (κ3) is 7.35. The Labute approximate surface area is 222 Å². The number of likely N-dealkylation sites (N-methyl/N-ethyl adjacent to an activating group) is 1. The molecule has 0 spiro atoms. The van der Waals surface area contributed by atoms with Crippen LogP contribution in [0.15, 0.2) is 46.3 Å². The SMILES string of the molecule is CN1CCN(C2=NC(=O)/C(=C/c3ccc(NCc4ccc(Cl)cc4C(F)(F)F)c(C=N)c3)S2)CC1.CO. The number of aliphatic hydroxyl groups excluding tert-OH is 1. The Morgan fingerprint density at radius 2 is 1.86 bits per heavy atom. The number of aliphatic hydroxyl groups is 1. The number of aliphatic imine (C=N–C) groups is 1. The molecule has 2 aromatic rings. The topological polar surface area (TPSA) is 92.0 Å². The van der Waals surface area contributed by atoms with Crippen LogP contribution in [0.25, 0.3) is 6.08 Å². The number of benzene rings is 2. The molecule has 2 heterocycles. The predicted octanol–water partition coefficient (Wildman–Crippen LogP) is 4.79. The van der Waals surface area contributed by atoms with Gasteiger partial charge in [-0.3, -0.25) is 4.79 Å². The summed E-state index contributed by atoms with van der Waals surface area (Å²) in [4.78, 5) is 21.5. The predicted molar refractivity (Wildman–Crippen MR) is 143 cm³/mol. The van der Waals surface area contributed by atoms with Gasteiger partial charge in [0.05, 0.1) is 10.5 Å². The highest BCUT2D eigenvalue weighted by molar-refractivity contribution is 8.18. The van der Waals surface area contributed by atoms with Gasteiger partial charge in [-0.25, -0.2) is 0 Å². The molecular weight excluding hydrogens is 527 g/mol. The largest absolute Gasteiger partial charge is 0.416 e. The fraction of sp³-hybridized carbons (Fsp3) is 0.320. The van der Waals surface area contributed by atoms with Crippen LogP contribution in [0.2, 0.25) is 5.02 Å². The van der Waals surface area contributed by atoms with E-state index in [-0.39, 0.29) is 23.0 Å². The van der Waals surface area contributed by atoms with Crippen LogP contribution < -0.4 is 5.32 Å². The van der Waals surface area contributed by atoms with Gasteiger partial charge in [0.25, 0.3) is 5.91 Å². The molecule has 1 saturated heterocycles. The Hall–Kier alpha value is -2.86. The van der Waals surface area contributed by atoms with Crippen LogP contribution in [0.4, 0.5) is 18.9 Å². The third-order valence-corrected chi connectivity index (χ3v) is 7.04. The second-order valence-electron chi connectivity index (χ2n) is 8.24. The first-order chi connectivity index (χ1) is 17.6. The standard InChI is InChI=1S/C24H23ClF3N5OS.CH4O/c1-32-6-8-33(9-7-32)23-31-22(34)21(35-23)11-15-2-5-20(17(10-15)13-29)30-14-16-3-4-18(25)12-19(16)24(26,27)28;1-2/h2-5,10-13,29-30H,6-9,14H2,1H3;2H,1H3/b21-11-,29-13?;. The number of amidine groups is 1. The Morgan fingerprint density at radius 3 is 2.51 bits per heavy atom. The lowest BCUT2D eigenvalue weighted by atomic mass is 10.1. The Kier molecular flexibility index (Phi) is 9.77. The summed E-state index contributed by atoms with van der Waals surface area (Å²) in [6.45, 7) is 3.34. The number of thioether (sulfide) groups is 1. The highest BCUT2D eigenvalue weighted by Gasteiger charge is 2.33. The molecule has 0 unspecified atom stereocenters. The van der Waals surface area contributed by atoms with Gasteiger partial charge in [0, 0.05) is 62.3 Å². The van der Waals surface area contributed by atoms with Gasteiger partial charge in [0.1, 0.15) is 0 Å². The van der Waals surface area contributed by atoms with E-state index in [1.807, 2.05) is 0 Å². The number of nitrogens with one attached hydrogen (secondary N) is 2. The summed E-state index contributed by atoms with van der Waals surface area (Å²) in [7, 11) is 3.06. The number of amides is 1. The second-order valence-corrected chi connectivity index (χ2v) is 9.69. The van der Waals surface area contributed by atoms with Gasteiger partial charge in [-0.05, 0) is 60.3 Å². The monoisotopic (exact) mass is 553 g/mol. The van der Waals surface area contributed by atoms with Crippen molar-refractivity contribution in [2.45, 2.75) is 12.7 Å². The quantitative estimate of drug-likeness (QED) is 0.364. The maximum atomic E-state index is 13.4. The van der Waals surface area contributed by atoms with E-state index in [9.17, 15) is 18.0 Å². The summed E-state index contributed by atoms with van der Waals surface area (Å²) in [5, 5.41) is 18.4. The molecule has 37 heavy (non-hydrogen) atoms. The number of rotatable bonds is 5. The molecule has 0 aliphatic carbocycles. The number of halogens is 4. The van der Waals surface area contributed by atoms with E-state index < -0.39 is 11.7 Å². The summed E-state index contributed by atoms with van der Waals surface area (Å²) in [5.41, 5.74) is 0.929. The van der Waals surface area contributed by atoms with Gasteiger partial charge < -0.3 is 25.6 Å². The van der Waals surface area contributed by atoms with E-state index in [4.69, 9.17) is 22.1 Å². The van der Waals surface area contributed by atoms with E-state index in [0.717, 1.165) is 45.6 Å². The van der Waals surface area contributed by atoms with Crippen LogP contribution in [0.1, 0.15) is 22.3 Å². The first kappa shape index (κ1) is 28.7. The van der Waals surface area contributed by atoms with Crippen molar-refractivity contribution in [3.8, 4) is 0 Å². The van der Waals surface area contributed by atoms with Gasteiger partial charge in [0.15, 0.2) is 5.17 Å². The zero-order chi connectivity index (χ0) is 27.2. The highest BCUT2D eigenvalue weighted by atomic mass is 35.5. The molecule has 1 fully saturated rings. The zero-order valence-corrected chi connectivity index (χ0v) is 21.8. The number of hydrogen-bond donors (Lipinski definition) is 3. The molecule has 2 aliphatic rings. The molecule has 0 aromatic heterocycles. The van der Waals surface area contributed by atoms with Crippen molar-refractivity contribution in [1.29, 1.82) is 5.41 Å². The molecule has 2 aliphatic heterocycles. The minimum atomic E-state index is -4.53. The van der Waals surface area contributed by atoms with E-state index in [1.54, 1.807) is 24.3 Å². The summed E-state index contributed by atoms with van der Waals surface area (Å²) >= 11 is 7.08. The van der Waals surface area contributed by atoms with Crippen molar-refractivity contribution in [3.63, 3.8) is 0 Å². The highest BCUT2D eigenvalue weighted by Crippen LogP contribution is 2.35. The number of nitrogens with zero attached hydrogens (tertiary/aromatic N) is 3. The number of carbonyl (C=O) groups excluding carboxylic acids is 1. The van der Waals surface area contributed by atoms with Crippen LogP contribution in [-0.4, -0.2) is 72.5 Å². The average Bonchev–Trinajstić information content (AvgIpc) is 3.24. The van der Waals surface area contributed by atoms with Gasteiger partial charge in [-0.15, -0.1) is 0 Å². The van der Waals surface area contributed by atoms with Crippen molar-refractivity contribution in [3.05, 3.63) is 68.6 Å². The summed E-state index contributed by atoms with van der Waals surface area (Å²) in [5.74, 6) is -0.301. The molecule has 12 heteroatoms. The zero-order valence-electron chi connectivity index (χ0n) is 20.3. The van der Waals surface area contributed by atoms with Crippen LogP contribution >= 0.6 is 23.4 Å². The Bertz CT molecular complexity index is 1210. The van der Waals surface area contributed by atoms with E-state index in [1.165, 1.54) is 23.9 Å². The molecule has 4 rings (SSSR count). The first-order valence-electron chi connectivity index (χ1n) is 11.3. The van der Waals surface area contributed by atoms with Crippen molar-refractivity contribution < 1.29 is 23.1 Å². The van der Waals surface area contributed by atoms with Crippen molar-refractivity contribution in [1.82, 2.24) is 9.80 Å². The Morgan fingerprint density at radius 1 is 1.16 bits per heavy atom. The molecule has 0 atom stereocenters. The van der Waals surface area contributed by atoms with E-state index >= 15 is 0 Å². The third-order valence-electron chi connectivity index (χ3n) is 5.76. The molecule has 0 bridgehead atoms. The summed E-state index contributed by atoms with van der Waals surface area (Å²) < 4.78 is 40.1. The van der Waals surface area contributed by atoms with Gasteiger partial charge >= 0.3 is 6.18 Å². The Balaban J connectivity index is 0.00000186. The number of carbonyl (C=O) groups is 1. The first-order valence-corrected chi connectivity index (χ1v) is 12.5. The number of piperazine rings is 1. The number of anilines is 1. The van der Waals surface area contributed by atoms with Gasteiger partial charge in [-0.2, -0.15) is 18.2 Å². The average molecular weight is 554 g/mol. The molecule has 0 saturated carbocycles. The fourth-order valence-corrected chi connectivity index (χ4v) is 4.93. The van der Waals surface area contributed by atoms with Gasteiger partial charge in [-0.1, -0.05) is 23.7 Å². The van der Waals surface area contributed by atoms with Crippen molar-refractivity contribution in [2.24, 2.45) is 4.99 Å². The van der Waals surface area contributed by atoms with Crippen LogP contribution in [0.5, 0.6) is 0 Å². The van der Waals surface area contributed by atoms with Gasteiger partial charge in [0.2, 0.25) is 0 Å². The maximum Gasteiger partial charge on any atom is 0.416 e. The molecule has 7 nitrogen and oxygen atoms in total. The van der Waals surface area contributed by atoms with E-state index in [2.05, 4.69) is 27.2 Å². The van der Waals surface area contributed by atoms with Crippen LogP contribution in [0, 0.1) is 5.41 Å². The van der Waals surface area contributed by atoms with Crippen LogP contribution in [0.3, 0.4) is 0 Å². The molecule has 198 valence electrons. The molecule has 2 aromatic carbocycles. The molecule has 3 N–H and O–H groups in total. The summed E-state index contributed by atoms with van der Waals surface area (Å²) in [6, 6.07) is 8.78. The smallest absolute Gasteiger partial charge is 0.400 e. The lowest BCUT2D eigenvalue weighted by molar-refractivity contribution is -0.138. The second kappa shape index (κ2) is 12.6. The molecule has 0 radical (unpaired) electrons. The fourth-order valence-electron chi connectivity index (χ4n) is 3.79. The number of hydrogen-bond acceptors (Lipinski definition) is 7. The number of alkyl halides is 3. The minimum Gasteiger partial charge on any atom is -0.400 e. The lowest BCUT2D eigenvalue weighted by Gasteiger charge is -2.32. The maximum absolute atomic E-state index is 13.4.